The highest BCUT2D eigenvalue weighted by atomic mass is 19.4. The average molecular weight is 370 g/mol. The normalized spacial score (nSPS) is 15.8. The molecule has 0 radical (unpaired) electrons. The zero-order valence-corrected chi connectivity index (χ0v) is 12.6. The van der Waals surface area contributed by atoms with E-state index in [2.05, 4.69) is 4.99 Å². The molecule has 0 spiro atoms. The molecule has 0 fully saturated rings. The van der Waals surface area contributed by atoms with E-state index in [1.807, 2.05) is 0 Å². The predicted molar refractivity (Wildman–Crippen MR) is 73.9 cm³/mol. The molecule has 5 nitrogen and oxygen atoms in total. The third-order valence-corrected chi connectivity index (χ3v) is 3.51. The molecule has 1 N–H and O–H groups in total. The van der Waals surface area contributed by atoms with E-state index in [1.54, 1.807) is 6.92 Å². The van der Waals surface area contributed by atoms with E-state index in [-0.39, 0.29) is 24.9 Å². The summed E-state index contributed by atoms with van der Waals surface area (Å²) in [6.45, 7) is 1.50. The molecule has 2 rings (SSSR count). The fourth-order valence-electron chi connectivity index (χ4n) is 2.23. The van der Waals surface area contributed by atoms with Crippen LogP contribution < -0.4 is 4.90 Å². The van der Waals surface area contributed by atoms with Crippen LogP contribution in [0.5, 0.6) is 0 Å². The number of nitrogens with zero attached hydrogens (tertiary/aromatic N) is 2. The molecule has 1 amide bonds. The molecule has 138 valence electrons. The maximum atomic E-state index is 12.8. The number of aliphatic hydroxyl groups is 1. The number of hydrogen-bond donors (Lipinski definition) is 1. The molecule has 1 aliphatic heterocycles. The number of anilines is 1. The molecule has 0 saturated carbocycles. The van der Waals surface area contributed by atoms with Crippen molar-refractivity contribution in [1.29, 1.82) is 0 Å². The molecule has 0 bridgehead atoms. The molecule has 1 heterocycles. The monoisotopic (exact) mass is 370 g/mol. The summed E-state index contributed by atoms with van der Waals surface area (Å²) < 4.78 is 82.1. The molecule has 0 aromatic heterocycles. The van der Waals surface area contributed by atoms with Crippen molar-refractivity contribution in [3.05, 3.63) is 29.8 Å². The van der Waals surface area contributed by atoms with Gasteiger partial charge in [0.15, 0.2) is 6.61 Å². The van der Waals surface area contributed by atoms with E-state index in [0.717, 1.165) is 12.1 Å². The lowest BCUT2D eigenvalue weighted by Crippen LogP contribution is -2.53. The first kappa shape index (κ1) is 19.0. The molecule has 0 unspecified atom stereocenters. The van der Waals surface area contributed by atoms with Gasteiger partial charge in [-0.25, -0.2) is 0 Å². The fraction of sp³-hybridized carbons (Fsp3) is 0.429. The van der Waals surface area contributed by atoms with E-state index in [0.29, 0.717) is 12.1 Å². The topological polar surface area (TPSA) is 62.1 Å². The summed E-state index contributed by atoms with van der Waals surface area (Å²) in [6, 6.07) is 2.79. The van der Waals surface area contributed by atoms with Crippen molar-refractivity contribution in [1.82, 2.24) is 0 Å². The van der Waals surface area contributed by atoms with Gasteiger partial charge in [0.25, 0.3) is 17.5 Å². The highest BCUT2D eigenvalue weighted by molar-refractivity contribution is 6.03. The minimum Gasteiger partial charge on any atom is -0.454 e. The molecule has 0 saturated heterocycles. The van der Waals surface area contributed by atoms with Crippen molar-refractivity contribution in [3.63, 3.8) is 0 Å². The van der Waals surface area contributed by atoms with Crippen molar-refractivity contribution in [2.24, 2.45) is 4.99 Å². The summed E-state index contributed by atoms with van der Waals surface area (Å²) >= 11 is 0. The van der Waals surface area contributed by atoms with Crippen LogP contribution in [0.3, 0.4) is 0 Å². The van der Waals surface area contributed by atoms with Gasteiger partial charge in [-0.15, -0.1) is 0 Å². The Morgan fingerprint density at radius 1 is 1.12 bits per heavy atom. The lowest BCUT2D eigenvalue weighted by atomic mass is 9.92. The molecule has 1 aliphatic rings. The summed E-state index contributed by atoms with van der Waals surface area (Å²) in [5, 5.41) is 9.33. The van der Waals surface area contributed by atoms with Crippen LogP contribution in [0.4, 0.5) is 32.0 Å². The second-order valence-electron chi connectivity index (χ2n) is 5.07. The van der Waals surface area contributed by atoms with Crippen LogP contribution in [0.2, 0.25) is 0 Å². The molecule has 0 aliphatic carbocycles. The summed E-state index contributed by atoms with van der Waals surface area (Å²) in [7, 11) is 0. The molecular formula is C14H12F6N2O3. The van der Waals surface area contributed by atoms with Gasteiger partial charge in [-0.3, -0.25) is 9.69 Å². The number of halogens is 6. The van der Waals surface area contributed by atoms with E-state index in [4.69, 9.17) is 4.74 Å². The summed E-state index contributed by atoms with van der Waals surface area (Å²) in [5.41, 5.74) is -6.23. The van der Waals surface area contributed by atoms with Gasteiger partial charge < -0.3 is 9.84 Å². The predicted octanol–water partition coefficient (Wildman–Crippen LogP) is 2.74. The highest BCUT2D eigenvalue weighted by Crippen LogP contribution is 2.50. The van der Waals surface area contributed by atoms with Crippen LogP contribution in [-0.4, -0.2) is 42.5 Å². The number of aliphatic imine (C=N–C) groups is 1. The number of carbonyl (C=O) groups is 1. The molecule has 25 heavy (non-hydrogen) atoms. The Hall–Kier alpha value is -2.30. The number of rotatable bonds is 3. The van der Waals surface area contributed by atoms with Crippen molar-refractivity contribution in [2.75, 3.05) is 18.1 Å². The smallest absolute Gasteiger partial charge is 0.430 e. The zero-order chi connectivity index (χ0) is 19.0. The van der Waals surface area contributed by atoms with Crippen LogP contribution in [0.15, 0.2) is 29.3 Å². The Balaban J connectivity index is 2.41. The van der Waals surface area contributed by atoms with E-state index < -0.39 is 29.4 Å². The third-order valence-electron chi connectivity index (χ3n) is 3.51. The number of hydrogen-bond acceptors (Lipinski definition) is 4. The highest BCUT2D eigenvalue weighted by Gasteiger charge is 2.71. The van der Waals surface area contributed by atoms with Gasteiger partial charge in [-0.2, -0.15) is 31.3 Å². The number of alkyl halides is 6. The number of benzene rings is 1. The first-order valence-electron chi connectivity index (χ1n) is 6.90. The Labute approximate surface area is 137 Å². The van der Waals surface area contributed by atoms with Gasteiger partial charge in [0, 0.05) is 17.8 Å². The van der Waals surface area contributed by atoms with Gasteiger partial charge in [0.05, 0.1) is 0 Å². The Kier molecular flexibility index (Phi) is 4.73. The minimum absolute atomic E-state index is 0.109. The van der Waals surface area contributed by atoms with Gasteiger partial charge in [-0.1, -0.05) is 12.1 Å². The standard InChI is InChI=1S/C14H12F6N2O3/c1-2-22(11-21-10(23)7-25-11)9-5-3-8(4-6-9)12(24,13(15,16)17)14(18,19)20/h3-6,24H,2,7H2,1H3. The lowest BCUT2D eigenvalue weighted by molar-refractivity contribution is -0.376. The van der Waals surface area contributed by atoms with Crippen LogP contribution >= 0.6 is 0 Å². The van der Waals surface area contributed by atoms with Gasteiger partial charge in [-0.05, 0) is 19.1 Å². The molecule has 0 atom stereocenters. The van der Waals surface area contributed by atoms with Gasteiger partial charge in [0.1, 0.15) is 0 Å². The Bertz CT molecular complexity index is 667. The molecule has 11 heteroatoms. The van der Waals surface area contributed by atoms with Gasteiger partial charge in [0.2, 0.25) is 0 Å². The van der Waals surface area contributed by atoms with Crippen LogP contribution in [0, 0.1) is 0 Å². The largest absolute Gasteiger partial charge is 0.454 e. The van der Waals surface area contributed by atoms with Gasteiger partial charge >= 0.3 is 12.4 Å². The minimum atomic E-state index is -5.96. The number of ether oxygens (including phenoxy) is 1. The fourth-order valence-corrected chi connectivity index (χ4v) is 2.23. The zero-order valence-electron chi connectivity index (χ0n) is 12.6. The lowest BCUT2D eigenvalue weighted by Gasteiger charge is -2.33. The quantitative estimate of drug-likeness (QED) is 0.832. The Morgan fingerprint density at radius 2 is 1.64 bits per heavy atom. The van der Waals surface area contributed by atoms with Crippen LogP contribution in [0.1, 0.15) is 12.5 Å². The first-order valence-corrected chi connectivity index (χ1v) is 6.90. The summed E-state index contributed by atoms with van der Waals surface area (Å²) in [6.07, 6.45) is -11.9. The number of amides is 1. The average Bonchev–Trinajstić information content (AvgIpc) is 2.92. The second-order valence-corrected chi connectivity index (χ2v) is 5.07. The summed E-state index contributed by atoms with van der Waals surface area (Å²) in [4.78, 5) is 15.9. The van der Waals surface area contributed by atoms with Crippen molar-refractivity contribution >= 4 is 17.6 Å². The van der Waals surface area contributed by atoms with E-state index in [1.165, 1.54) is 4.90 Å². The number of carbonyl (C=O) groups excluding carboxylic acids is 1. The van der Waals surface area contributed by atoms with E-state index in [9.17, 15) is 36.2 Å². The van der Waals surface area contributed by atoms with Crippen molar-refractivity contribution in [3.8, 4) is 0 Å². The Morgan fingerprint density at radius 3 is 2.00 bits per heavy atom. The van der Waals surface area contributed by atoms with Crippen molar-refractivity contribution in [2.45, 2.75) is 24.9 Å². The summed E-state index contributed by atoms with van der Waals surface area (Å²) in [5.74, 6) is -0.561. The first-order chi connectivity index (χ1) is 11.4. The maximum absolute atomic E-state index is 12.8. The maximum Gasteiger partial charge on any atom is 0.430 e. The van der Waals surface area contributed by atoms with Crippen molar-refractivity contribution < 1.29 is 41.0 Å². The number of amidine groups is 1. The van der Waals surface area contributed by atoms with Crippen LogP contribution in [0.25, 0.3) is 0 Å². The molecule has 1 aromatic rings. The second kappa shape index (κ2) is 6.21. The molecular weight excluding hydrogens is 358 g/mol. The van der Waals surface area contributed by atoms with Crippen LogP contribution in [-0.2, 0) is 15.1 Å². The molecule has 1 aromatic carbocycles. The van der Waals surface area contributed by atoms with E-state index >= 15 is 0 Å². The SMILES string of the molecule is CCN(C1=NC(=O)CO1)c1ccc(C(O)(C(F)(F)F)C(F)(F)F)cc1. The third kappa shape index (κ3) is 3.28.